The Morgan fingerprint density at radius 2 is 1.79 bits per heavy atom. The van der Waals surface area contributed by atoms with E-state index in [2.05, 4.69) is 6.92 Å². The van der Waals surface area contributed by atoms with E-state index in [4.69, 9.17) is 4.42 Å². The van der Waals surface area contributed by atoms with Gasteiger partial charge in [-0.25, -0.2) is 0 Å². The average molecular weight is 375 g/mol. The highest BCUT2D eigenvalue weighted by atomic mass is 16.3. The Morgan fingerprint density at radius 1 is 1.04 bits per heavy atom. The van der Waals surface area contributed by atoms with Gasteiger partial charge in [-0.15, -0.1) is 0 Å². The molecule has 0 spiro atoms. The Bertz CT molecular complexity index is 1020. The summed E-state index contributed by atoms with van der Waals surface area (Å²) in [4.78, 5) is 26.6. The molecule has 2 aromatic carbocycles. The lowest BCUT2D eigenvalue weighted by Crippen LogP contribution is -2.26. The molecule has 4 rings (SSSR count). The van der Waals surface area contributed by atoms with Crippen LogP contribution in [0.5, 0.6) is 0 Å². The molecular formula is C24H25NO3. The molecule has 0 saturated heterocycles. The van der Waals surface area contributed by atoms with Crippen LogP contribution in [0.2, 0.25) is 0 Å². The largest absolute Gasteiger partial charge is 0.464 e. The molecule has 4 nitrogen and oxygen atoms in total. The predicted octanol–water partition coefficient (Wildman–Crippen LogP) is 5.18. The van der Waals surface area contributed by atoms with Crippen LogP contribution in [0.1, 0.15) is 54.0 Å². The monoisotopic (exact) mass is 375 g/mol. The van der Waals surface area contributed by atoms with Gasteiger partial charge in [-0.1, -0.05) is 43.3 Å². The summed E-state index contributed by atoms with van der Waals surface area (Å²) in [6, 6.07) is 17.6. The van der Waals surface area contributed by atoms with Gasteiger partial charge >= 0.3 is 0 Å². The van der Waals surface area contributed by atoms with Crippen molar-refractivity contribution in [2.75, 3.05) is 7.05 Å². The first-order chi connectivity index (χ1) is 13.5. The molecule has 1 amide bonds. The zero-order chi connectivity index (χ0) is 19.7. The molecule has 0 radical (unpaired) electrons. The van der Waals surface area contributed by atoms with E-state index in [1.165, 1.54) is 6.42 Å². The first-order valence-corrected chi connectivity index (χ1v) is 9.86. The van der Waals surface area contributed by atoms with Gasteiger partial charge < -0.3 is 9.32 Å². The highest BCUT2D eigenvalue weighted by molar-refractivity contribution is 6.01. The molecule has 1 fully saturated rings. The van der Waals surface area contributed by atoms with Crippen LogP contribution in [0.3, 0.4) is 0 Å². The van der Waals surface area contributed by atoms with Crippen molar-refractivity contribution in [2.45, 2.75) is 38.6 Å². The van der Waals surface area contributed by atoms with Gasteiger partial charge in [0.1, 0.15) is 11.5 Å². The van der Waals surface area contributed by atoms with E-state index < -0.39 is 0 Å². The fraction of sp³-hybridized carbons (Fsp3) is 0.333. The van der Waals surface area contributed by atoms with Crippen molar-refractivity contribution in [1.29, 1.82) is 0 Å². The molecule has 1 aromatic heterocycles. The smallest absolute Gasteiger partial charge is 0.223 e. The zero-order valence-electron chi connectivity index (χ0n) is 16.4. The minimum absolute atomic E-state index is 0.00416. The molecule has 144 valence electrons. The molecule has 0 N–H and O–H groups in total. The van der Waals surface area contributed by atoms with Crippen LogP contribution in [0, 0.1) is 5.92 Å². The molecule has 28 heavy (non-hydrogen) atoms. The lowest BCUT2D eigenvalue weighted by Gasteiger charge is -2.15. The third-order valence-corrected chi connectivity index (χ3v) is 5.61. The van der Waals surface area contributed by atoms with E-state index in [0.717, 1.165) is 22.3 Å². The van der Waals surface area contributed by atoms with Crippen molar-refractivity contribution in [3.63, 3.8) is 0 Å². The molecule has 4 heteroatoms. The molecule has 1 aliphatic carbocycles. The van der Waals surface area contributed by atoms with Gasteiger partial charge in [0.25, 0.3) is 0 Å². The van der Waals surface area contributed by atoms with Gasteiger partial charge in [0.05, 0.1) is 6.54 Å². The van der Waals surface area contributed by atoms with Gasteiger partial charge in [0.2, 0.25) is 5.91 Å². The first kappa shape index (κ1) is 18.5. The van der Waals surface area contributed by atoms with E-state index in [0.29, 0.717) is 23.9 Å². The fourth-order valence-electron chi connectivity index (χ4n) is 3.64. The lowest BCUT2D eigenvalue weighted by atomic mass is 10.0. The number of Topliss-reactive ketones (excluding diaryl/α,β-unsaturated/α-hetero) is 1. The number of amides is 1. The SMILES string of the molecule is C[C@H]1C[C@H]1c1ccc(CN(C)C(=O)CCC(=O)c2ccc3ccccc3c2)o1. The van der Waals surface area contributed by atoms with E-state index in [1.54, 1.807) is 11.9 Å². The number of hydrogen-bond donors (Lipinski definition) is 0. The van der Waals surface area contributed by atoms with E-state index in [1.807, 2.05) is 54.6 Å². The van der Waals surface area contributed by atoms with E-state index >= 15 is 0 Å². The lowest BCUT2D eigenvalue weighted by molar-refractivity contribution is -0.130. The van der Waals surface area contributed by atoms with Crippen molar-refractivity contribution in [2.24, 2.45) is 5.92 Å². The van der Waals surface area contributed by atoms with Crippen molar-refractivity contribution >= 4 is 22.5 Å². The highest BCUT2D eigenvalue weighted by Crippen LogP contribution is 2.47. The summed E-state index contributed by atoms with van der Waals surface area (Å²) in [6.45, 7) is 2.65. The molecule has 0 bridgehead atoms. The Morgan fingerprint density at radius 3 is 2.54 bits per heavy atom. The predicted molar refractivity (Wildman–Crippen MR) is 109 cm³/mol. The second-order valence-electron chi connectivity index (χ2n) is 7.86. The van der Waals surface area contributed by atoms with Crippen molar-refractivity contribution in [1.82, 2.24) is 4.90 Å². The Balaban J connectivity index is 1.31. The molecular weight excluding hydrogens is 350 g/mol. The minimum Gasteiger partial charge on any atom is -0.464 e. The molecule has 2 atom stereocenters. The first-order valence-electron chi connectivity index (χ1n) is 9.86. The molecule has 3 aromatic rings. The standard InChI is InChI=1S/C24H25NO3/c1-16-13-21(16)23-11-9-20(28-23)15-25(2)24(27)12-10-22(26)19-8-7-17-5-3-4-6-18(17)14-19/h3-9,11,14,16,21H,10,12-13,15H2,1-2H3/t16-,21+/m0/s1. The minimum atomic E-state index is -0.0492. The number of benzene rings is 2. The number of carbonyl (C=O) groups excluding carboxylic acids is 2. The third kappa shape index (κ3) is 4.01. The number of rotatable bonds is 7. The van der Waals surface area contributed by atoms with Gasteiger partial charge in [0, 0.05) is 31.4 Å². The van der Waals surface area contributed by atoms with Gasteiger partial charge in [-0.2, -0.15) is 0 Å². The number of hydrogen-bond acceptors (Lipinski definition) is 3. The summed E-state index contributed by atoms with van der Waals surface area (Å²) in [5.41, 5.74) is 0.656. The number of nitrogens with zero attached hydrogens (tertiary/aromatic N) is 1. The summed E-state index contributed by atoms with van der Waals surface area (Å²) < 4.78 is 5.87. The molecule has 1 aliphatic rings. The maximum absolute atomic E-state index is 12.5. The van der Waals surface area contributed by atoms with Crippen LogP contribution in [0.4, 0.5) is 0 Å². The van der Waals surface area contributed by atoms with E-state index in [9.17, 15) is 9.59 Å². The average Bonchev–Trinajstić information content (AvgIpc) is 3.26. The summed E-state index contributed by atoms with van der Waals surface area (Å²) in [6.07, 6.45) is 1.60. The topological polar surface area (TPSA) is 50.5 Å². The van der Waals surface area contributed by atoms with Crippen molar-refractivity contribution in [3.8, 4) is 0 Å². The van der Waals surface area contributed by atoms with Gasteiger partial charge in [-0.05, 0) is 41.3 Å². The zero-order valence-corrected chi connectivity index (χ0v) is 16.4. The molecule has 1 heterocycles. The van der Waals surface area contributed by atoms with Crippen molar-refractivity contribution < 1.29 is 14.0 Å². The van der Waals surface area contributed by atoms with Crippen LogP contribution in [0.25, 0.3) is 10.8 Å². The Kier molecular flexibility index (Phi) is 5.03. The van der Waals surface area contributed by atoms with E-state index in [-0.39, 0.29) is 24.5 Å². The van der Waals surface area contributed by atoms with Crippen molar-refractivity contribution in [3.05, 3.63) is 71.7 Å². The molecule has 0 aliphatic heterocycles. The maximum atomic E-state index is 12.5. The maximum Gasteiger partial charge on any atom is 0.223 e. The number of ketones is 1. The normalized spacial score (nSPS) is 18.2. The van der Waals surface area contributed by atoms with Crippen LogP contribution >= 0.6 is 0 Å². The molecule has 1 saturated carbocycles. The summed E-state index contributed by atoms with van der Waals surface area (Å²) in [7, 11) is 1.75. The second-order valence-corrected chi connectivity index (χ2v) is 7.86. The summed E-state index contributed by atoms with van der Waals surface area (Å²) >= 11 is 0. The number of carbonyl (C=O) groups is 2. The second kappa shape index (κ2) is 7.63. The van der Waals surface area contributed by atoms with Crippen LogP contribution in [-0.2, 0) is 11.3 Å². The van der Waals surface area contributed by atoms with Crippen LogP contribution < -0.4 is 0 Å². The summed E-state index contributed by atoms with van der Waals surface area (Å²) in [5.74, 6) is 3.00. The number of furan rings is 1. The Labute approximate surface area is 165 Å². The highest BCUT2D eigenvalue weighted by Gasteiger charge is 2.36. The molecule has 0 unspecified atom stereocenters. The Hall–Kier alpha value is -2.88. The van der Waals surface area contributed by atoms with Gasteiger partial charge in [0.15, 0.2) is 5.78 Å². The van der Waals surface area contributed by atoms with Crippen LogP contribution in [0.15, 0.2) is 59.0 Å². The summed E-state index contributed by atoms with van der Waals surface area (Å²) in [5, 5.41) is 2.14. The number of fused-ring (bicyclic) bond motifs is 1. The third-order valence-electron chi connectivity index (χ3n) is 5.61. The quantitative estimate of drug-likeness (QED) is 0.535. The van der Waals surface area contributed by atoms with Crippen LogP contribution in [-0.4, -0.2) is 23.6 Å². The van der Waals surface area contributed by atoms with Gasteiger partial charge in [-0.3, -0.25) is 9.59 Å². The fourth-order valence-corrected chi connectivity index (χ4v) is 3.64.